The second kappa shape index (κ2) is 8.65. The van der Waals surface area contributed by atoms with Crippen molar-refractivity contribution in [3.8, 4) is 11.3 Å². The predicted molar refractivity (Wildman–Crippen MR) is 114 cm³/mol. The maximum Gasteiger partial charge on any atom is 0.253 e. The number of thiazole rings is 1. The quantitative estimate of drug-likeness (QED) is 0.617. The van der Waals surface area contributed by atoms with Crippen molar-refractivity contribution in [2.75, 3.05) is 6.54 Å². The summed E-state index contributed by atoms with van der Waals surface area (Å²) in [5.74, 6) is -0.0527. The second-order valence-corrected chi connectivity index (χ2v) is 8.41. The Bertz CT molecular complexity index is 942. The van der Waals surface area contributed by atoms with E-state index in [9.17, 15) is 4.79 Å². The molecule has 28 heavy (non-hydrogen) atoms. The molecule has 0 bridgehead atoms. The summed E-state index contributed by atoms with van der Waals surface area (Å²) in [6, 6.07) is 13.8. The molecule has 0 unspecified atom stereocenters. The van der Waals surface area contributed by atoms with Crippen LogP contribution < -0.4 is 5.32 Å². The number of aromatic nitrogens is 2. The van der Waals surface area contributed by atoms with Crippen LogP contribution in [0.15, 0.2) is 42.5 Å². The van der Waals surface area contributed by atoms with Crippen LogP contribution in [0.25, 0.3) is 11.3 Å². The number of aryl methyl sites for hydroxylation is 4. The summed E-state index contributed by atoms with van der Waals surface area (Å²) < 4.78 is 0. The highest BCUT2D eigenvalue weighted by atomic mass is 32.1. The molecule has 1 amide bonds. The monoisotopic (exact) mass is 391 g/mol. The molecule has 0 saturated carbocycles. The van der Waals surface area contributed by atoms with Crippen molar-refractivity contribution in [3.63, 3.8) is 0 Å². The average molecular weight is 392 g/mol. The summed E-state index contributed by atoms with van der Waals surface area (Å²) in [4.78, 5) is 23.4. The molecule has 2 aromatic heterocycles. The van der Waals surface area contributed by atoms with Crippen LogP contribution in [-0.2, 0) is 19.3 Å². The number of hydrogen-bond donors (Lipinski definition) is 1. The van der Waals surface area contributed by atoms with Crippen LogP contribution in [0.5, 0.6) is 0 Å². The van der Waals surface area contributed by atoms with Crippen LogP contribution in [0.3, 0.4) is 0 Å². The summed E-state index contributed by atoms with van der Waals surface area (Å²) in [6.45, 7) is 2.55. The van der Waals surface area contributed by atoms with Crippen molar-refractivity contribution < 1.29 is 4.79 Å². The third-order valence-corrected chi connectivity index (χ3v) is 6.36. The molecule has 0 fully saturated rings. The molecule has 0 radical (unpaired) electrons. The zero-order valence-corrected chi connectivity index (χ0v) is 17.0. The van der Waals surface area contributed by atoms with Crippen molar-refractivity contribution in [2.24, 2.45) is 0 Å². The molecule has 3 aromatic rings. The lowest BCUT2D eigenvalue weighted by molar-refractivity contribution is 0.0952. The minimum atomic E-state index is -0.0527. The molecule has 0 aliphatic heterocycles. The molecule has 5 heteroatoms. The highest BCUT2D eigenvalue weighted by molar-refractivity contribution is 7.11. The Hall–Kier alpha value is -2.53. The van der Waals surface area contributed by atoms with Gasteiger partial charge >= 0.3 is 0 Å². The van der Waals surface area contributed by atoms with Gasteiger partial charge in [-0.25, -0.2) is 4.98 Å². The van der Waals surface area contributed by atoms with Gasteiger partial charge in [0.25, 0.3) is 5.91 Å². The number of hydrogen-bond acceptors (Lipinski definition) is 4. The Labute approximate surface area is 170 Å². The number of nitrogens with zero attached hydrogens (tertiary/aromatic N) is 2. The normalized spacial score (nSPS) is 13.2. The van der Waals surface area contributed by atoms with Gasteiger partial charge in [-0.1, -0.05) is 30.3 Å². The van der Waals surface area contributed by atoms with Gasteiger partial charge in [0.2, 0.25) is 0 Å². The maximum absolute atomic E-state index is 12.5. The summed E-state index contributed by atoms with van der Waals surface area (Å²) in [7, 11) is 0. The van der Waals surface area contributed by atoms with Gasteiger partial charge in [0.15, 0.2) is 0 Å². The van der Waals surface area contributed by atoms with E-state index in [1.165, 1.54) is 34.8 Å². The Morgan fingerprint density at radius 2 is 1.89 bits per heavy atom. The number of carbonyl (C=O) groups is 1. The number of rotatable bonds is 6. The fraction of sp³-hybridized carbons (Fsp3) is 0.348. The molecule has 0 spiro atoms. The molecule has 1 aromatic carbocycles. The molecule has 1 aliphatic carbocycles. The molecule has 4 nitrogen and oxygen atoms in total. The fourth-order valence-electron chi connectivity index (χ4n) is 3.62. The average Bonchev–Trinajstić information content (AvgIpc) is 3.14. The van der Waals surface area contributed by atoms with Crippen molar-refractivity contribution in [1.82, 2.24) is 15.3 Å². The first-order chi connectivity index (χ1) is 13.7. The number of nitrogens with one attached hydrogen (secondary N) is 1. The lowest BCUT2D eigenvalue weighted by Crippen LogP contribution is -2.25. The van der Waals surface area contributed by atoms with Gasteiger partial charge in [0.05, 0.1) is 27.7 Å². The van der Waals surface area contributed by atoms with Gasteiger partial charge in [-0.2, -0.15) is 0 Å². The fourth-order valence-corrected chi connectivity index (χ4v) is 4.82. The van der Waals surface area contributed by atoms with Gasteiger partial charge in [0.1, 0.15) is 0 Å². The van der Waals surface area contributed by atoms with E-state index in [0.717, 1.165) is 36.2 Å². The van der Waals surface area contributed by atoms with E-state index in [1.807, 2.05) is 60.7 Å². The first kappa shape index (κ1) is 18.8. The van der Waals surface area contributed by atoms with Gasteiger partial charge in [-0.15, -0.1) is 11.3 Å². The van der Waals surface area contributed by atoms with E-state index in [4.69, 9.17) is 4.98 Å². The molecule has 0 atom stereocenters. The number of pyridine rings is 1. The van der Waals surface area contributed by atoms with Crippen LogP contribution in [0.1, 0.15) is 50.9 Å². The number of carbonyl (C=O) groups excluding carboxylic acids is 1. The van der Waals surface area contributed by atoms with E-state index in [-0.39, 0.29) is 5.91 Å². The Balaban J connectivity index is 1.30. The van der Waals surface area contributed by atoms with Gasteiger partial charge in [0, 0.05) is 23.4 Å². The molecule has 0 saturated heterocycles. The van der Waals surface area contributed by atoms with Crippen molar-refractivity contribution in [2.45, 2.75) is 45.4 Å². The van der Waals surface area contributed by atoms with Crippen LogP contribution in [0, 0.1) is 6.92 Å². The number of amides is 1. The van der Waals surface area contributed by atoms with E-state index in [1.54, 1.807) is 0 Å². The van der Waals surface area contributed by atoms with E-state index in [0.29, 0.717) is 12.1 Å². The van der Waals surface area contributed by atoms with E-state index in [2.05, 4.69) is 10.3 Å². The maximum atomic E-state index is 12.5. The highest BCUT2D eigenvalue weighted by Gasteiger charge is 2.15. The summed E-state index contributed by atoms with van der Waals surface area (Å²) in [5, 5.41) is 4.24. The van der Waals surface area contributed by atoms with Gasteiger partial charge < -0.3 is 5.32 Å². The summed E-state index contributed by atoms with van der Waals surface area (Å²) in [5.41, 5.74) is 4.66. The van der Waals surface area contributed by atoms with Crippen molar-refractivity contribution in [3.05, 3.63) is 69.3 Å². The third kappa shape index (κ3) is 4.30. The molecule has 1 aliphatic rings. The SMILES string of the molecule is Cc1nc(-c2ccccc2)ccc1C(=O)NCCCc1nc2c(s1)CCCC2. The minimum absolute atomic E-state index is 0.0527. The molecule has 144 valence electrons. The van der Waals surface area contributed by atoms with Crippen LogP contribution in [-0.4, -0.2) is 22.4 Å². The lowest BCUT2D eigenvalue weighted by Gasteiger charge is -2.09. The third-order valence-electron chi connectivity index (χ3n) is 5.14. The smallest absolute Gasteiger partial charge is 0.253 e. The molecule has 1 N–H and O–H groups in total. The van der Waals surface area contributed by atoms with Gasteiger partial charge in [-0.3, -0.25) is 9.78 Å². The lowest BCUT2D eigenvalue weighted by atomic mass is 10.0. The van der Waals surface area contributed by atoms with Crippen molar-refractivity contribution >= 4 is 17.2 Å². The molecule has 2 heterocycles. The Morgan fingerprint density at radius 3 is 2.68 bits per heavy atom. The number of benzene rings is 1. The second-order valence-electron chi connectivity index (χ2n) is 7.24. The molecular formula is C23H25N3OS. The molecule has 4 rings (SSSR count). The zero-order valence-electron chi connectivity index (χ0n) is 16.2. The summed E-state index contributed by atoms with van der Waals surface area (Å²) >= 11 is 1.86. The minimum Gasteiger partial charge on any atom is -0.352 e. The largest absolute Gasteiger partial charge is 0.352 e. The highest BCUT2D eigenvalue weighted by Crippen LogP contribution is 2.27. The molecular weight excluding hydrogens is 366 g/mol. The van der Waals surface area contributed by atoms with E-state index >= 15 is 0 Å². The predicted octanol–water partition coefficient (Wildman–Crippen LogP) is 4.75. The topological polar surface area (TPSA) is 54.9 Å². The summed E-state index contributed by atoms with van der Waals surface area (Å²) in [6.07, 6.45) is 6.72. The Morgan fingerprint density at radius 1 is 1.07 bits per heavy atom. The zero-order chi connectivity index (χ0) is 19.3. The Kier molecular flexibility index (Phi) is 5.81. The van der Waals surface area contributed by atoms with E-state index < -0.39 is 0 Å². The van der Waals surface area contributed by atoms with Crippen LogP contribution >= 0.6 is 11.3 Å². The first-order valence-corrected chi connectivity index (χ1v) is 10.8. The van der Waals surface area contributed by atoms with Gasteiger partial charge in [-0.05, 0) is 51.2 Å². The van der Waals surface area contributed by atoms with Crippen LogP contribution in [0.2, 0.25) is 0 Å². The number of fused-ring (bicyclic) bond motifs is 1. The van der Waals surface area contributed by atoms with Crippen molar-refractivity contribution in [1.29, 1.82) is 0 Å². The van der Waals surface area contributed by atoms with Crippen LogP contribution in [0.4, 0.5) is 0 Å². The standard InChI is InChI=1S/C23H25N3OS/c1-16-18(13-14-19(25-16)17-8-3-2-4-9-17)23(27)24-15-7-12-22-26-20-10-5-6-11-21(20)28-22/h2-4,8-9,13-14H,5-7,10-12,15H2,1H3,(H,24,27). The first-order valence-electron chi connectivity index (χ1n) is 9.99.